The highest BCUT2D eigenvalue weighted by Gasteiger charge is 2.34. The molecule has 0 aliphatic carbocycles. The molecule has 1 saturated heterocycles. The number of para-hydroxylation sites is 1. The van der Waals surface area contributed by atoms with E-state index in [0.717, 1.165) is 5.69 Å². The molecule has 0 saturated carbocycles. The van der Waals surface area contributed by atoms with Crippen LogP contribution in [0.2, 0.25) is 5.02 Å². The summed E-state index contributed by atoms with van der Waals surface area (Å²) in [4.78, 5) is 14.7. The van der Waals surface area contributed by atoms with Crippen LogP contribution in [-0.4, -0.2) is 14.8 Å². The molecule has 3 nitrogen and oxygen atoms in total. The summed E-state index contributed by atoms with van der Waals surface area (Å²) < 4.78 is 2.44. The summed E-state index contributed by atoms with van der Waals surface area (Å²) in [7, 11) is 1.93. The number of thioether (sulfide) groups is 1. The van der Waals surface area contributed by atoms with E-state index in [0.29, 0.717) is 19.9 Å². The Kier molecular flexibility index (Phi) is 3.89. The van der Waals surface area contributed by atoms with Crippen molar-refractivity contribution in [1.82, 2.24) is 4.57 Å². The lowest BCUT2D eigenvalue weighted by Crippen LogP contribution is -2.27. The van der Waals surface area contributed by atoms with E-state index in [9.17, 15) is 4.79 Å². The summed E-state index contributed by atoms with van der Waals surface area (Å²) in [5, 5.41) is 0.508. The van der Waals surface area contributed by atoms with Crippen LogP contribution in [0.4, 0.5) is 5.69 Å². The second-order valence-electron chi connectivity index (χ2n) is 4.51. The van der Waals surface area contributed by atoms with Crippen molar-refractivity contribution in [3.8, 4) is 0 Å². The maximum absolute atomic E-state index is 12.6. The van der Waals surface area contributed by atoms with Crippen molar-refractivity contribution in [3.63, 3.8) is 0 Å². The number of benzene rings is 1. The molecule has 0 bridgehead atoms. The summed E-state index contributed by atoms with van der Waals surface area (Å²) in [5.41, 5.74) is 1.58. The summed E-state index contributed by atoms with van der Waals surface area (Å²) >= 11 is 12.8. The van der Waals surface area contributed by atoms with Crippen LogP contribution in [0.15, 0.2) is 47.5 Å². The maximum atomic E-state index is 12.6. The Morgan fingerprint density at radius 2 is 2.00 bits per heavy atom. The van der Waals surface area contributed by atoms with E-state index in [1.54, 1.807) is 12.1 Å². The number of carbonyl (C=O) groups excluding carboxylic acids is 1. The molecule has 1 aliphatic heterocycles. The SMILES string of the molecule is Cn1cccc1/C=C1\SC(=S)N(c2ccccc2Cl)C1=O. The van der Waals surface area contributed by atoms with Gasteiger partial charge < -0.3 is 4.57 Å². The summed E-state index contributed by atoms with van der Waals surface area (Å²) in [6.07, 6.45) is 3.77. The molecule has 6 heteroatoms. The van der Waals surface area contributed by atoms with E-state index in [1.165, 1.54) is 16.7 Å². The van der Waals surface area contributed by atoms with Gasteiger partial charge in [0.05, 0.1) is 15.6 Å². The van der Waals surface area contributed by atoms with E-state index in [1.807, 2.05) is 48.2 Å². The van der Waals surface area contributed by atoms with Gasteiger partial charge in [0.1, 0.15) is 0 Å². The zero-order chi connectivity index (χ0) is 15.0. The summed E-state index contributed by atoms with van der Waals surface area (Å²) in [6.45, 7) is 0. The molecule has 1 fully saturated rings. The van der Waals surface area contributed by atoms with Crippen molar-refractivity contribution < 1.29 is 4.79 Å². The first kappa shape index (κ1) is 14.4. The minimum absolute atomic E-state index is 0.140. The third kappa shape index (κ3) is 2.64. The highest BCUT2D eigenvalue weighted by atomic mass is 35.5. The molecule has 0 N–H and O–H groups in total. The smallest absolute Gasteiger partial charge is 0.270 e. The Bertz CT molecular complexity index is 767. The number of hydrogen-bond donors (Lipinski definition) is 0. The lowest BCUT2D eigenvalue weighted by molar-refractivity contribution is -0.113. The van der Waals surface area contributed by atoms with Gasteiger partial charge in [-0.1, -0.05) is 47.7 Å². The molecule has 0 atom stereocenters. The number of thiocarbonyl (C=S) groups is 1. The molecule has 21 heavy (non-hydrogen) atoms. The molecule has 1 aromatic carbocycles. The number of halogens is 1. The number of aromatic nitrogens is 1. The van der Waals surface area contributed by atoms with E-state index in [-0.39, 0.29) is 5.91 Å². The molecule has 0 radical (unpaired) electrons. The van der Waals surface area contributed by atoms with Gasteiger partial charge in [0.25, 0.3) is 5.91 Å². The minimum Gasteiger partial charge on any atom is -0.351 e. The average Bonchev–Trinajstić information content (AvgIpc) is 2.97. The van der Waals surface area contributed by atoms with Crippen molar-refractivity contribution in [3.05, 3.63) is 58.2 Å². The van der Waals surface area contributed by atoms with Crippen LogP contribution < -0.4 is 4.90 Å². The molecule has 1 aliphatic rings. The van der Waals surface area contributed by atoms with Crippen molar-refractivity contribution in [2.75, 3.05) is 4.90 Å². The Morgan fingerprint density at radius 3 is 2.67 bits per heavy atom. The number of hydrogen-bond acceptors (Lipinski definition) is 3. The fraction of sp³-hybridized carbons (Fsp3) is 0.0667. The largest absolute Gasteiger partial charge is 0.351 e. The lowest BCUT2D eigenvalue weighted by atomic mass is 10.3. The third-order valence-electron chi connectivity index (χ3n) is 3.15. The number of aryl methyl sites for hydroxylation is 1. The zero-order valence-electron chi connectivity index (χ0n) is 11.1. The van der Waals surface area contributed by atoms with Crippen LogP contribution in [0.25, 0.3) is 6.08 Å². The Labute approximate surface area is 137 Å². The number of anilines is 1. The Morgan fingerprint density at radius 1 is 1.24 bits per heavy atom. The predicted octanol–water partition coefficient (Wildman–Crippen LogP) is 4.08. The van der Waals surface area contributed by atoms with E-state index >= 15 is 0 Å². The summed E-state index contributed by atoms with van der Waals surface area (Å²) in [6, 6.07) is 11.1. The highest BCUT2D eigenvalue weighted by molar-refractivity contribution is 8.27. The molecule has 2 aromatic rings. The van der Waals surface area contributed by atoms with Gasteiger partial charge in [0.2, 0.25) is 0 Å². The van der Waals surface area contributed by atoms with Crippen molar-refractivity contribution in [2.24, 2.45) is 7.05 Å². The van der Waals surface area contributed by atoms with E-state index < -0.39 is 0 Å². The van der Waals surface area contributed by atoms with Crippen LogP contribution in [0, 0.1) is 0 Å². The molecular weight excluding hydrogens is 324 g/mol. The second kappa shape index (κ2) is 5.67. The highest BCUT2D eigenvalue weighted by Crippen LogP contribution is 2.38. The van der Waals surface area contributed by atoms with Crippen LogP contribution in [-0.2, 0) is 11.8 Å². The van der Waals surface area contributed by atoms with Gasteiger partial charge in [-0.15, -0.1) is 0 Å². The van der Waals surface area contributed by atoms with E-state index in [4.69, 9.17) is 23.8 Å². The molecule has 1 aromatic heterocycles. The standard InChI is InChI=1S/C15H11ClN2OS2/c1-17-8-4-5-10(17)9-13-14(19)18(15(20)21-13)12-7-3-2-6-11(12)16/h2-9H,1H3/b13-9-. The van der Waals surface area contributed by atoms with Gasteiger partial charge in [-0.2, -0.15) is 0 Å². The van der Waals surface area contributed by atoms with Crippen LogP contribution in [0.5, 0.6) is 0 Å². The molecule has 1 amide bonds. The predicted molar refractivity (Wildman–Crippen MR) is 92.5 cm³/mol. The van der Waals surface area contributed by atoms with Gasteiger partial charge >= 0.3 is 0 Å². The number of carbonyl (C=O) groups is 1. The first-order valence-electron chi connectivity index (χ1n) is 6.22. The average molecular weight is 335 g/mol. The molecule has 2 heterocycles. The van der Waals surface area contributed by atoms with Gasteiger partial charge in [-0.3, -0.25) is 9.69 Å². The number of rotatable bonds is 2. The topological polar surface area (TPSA) is 25.2 Å². The van der Waals surface area contributed by atoms with Gasteiger partial charge in [-0.05, 0) is 30.3 Å². The van der Waals surface area contributed by atoms with Gasteiger partial charge in [-0.25, -0.2) is 0 Å². The Hall–Kier alpha value is -1.56. The molecule has 3 rings (SSSR count). The van der Waals surface area contributed by atoms with Crippen LogP contribution >= 0.6 is 35.6 Å². The van der Waals surface area contributed by atoms with Crippen LogP contribution in [0.1, 0.15) is 5.69 Å². The van der Waals surface area contributed by atoms with Crippen molar-refractivity contribution in [1.29, 1.82) is 0 Å². The number of nitrogens with zero attached hydrogens (tertiary/aromatic N) is 2. The number of amides is 1. The lowest BCUT2D eigenvalue weighted by Gasteiger charge is -2.15. The molecule has 0 unspecified atom stereocenters. The van der Waals surface area contributed by atoms with Gasteiger partial charge in [0, 0.05) is 18.9 Å². The first-order chi connectivity index (χ1) is 10.1. The monoisotopic (exact) mass is 334 g/mol. The quantitative estimate of drug-likeness (QED) is 0.611. The minimum atomic E-state index is -0.140. The maximum Gasteiger partial charge on any atom is 0.270 e. The third-order valence-corrected chi connectivity index (χ3v) is 4.77. The van der Waals surface area contributed by atoms with E-state index in [2.05, 4.69) is 0 Å². The normalized spacial score (nSPS) is 17.0. The van der Waals surface area contributed by atoms with Crippen molar-refractivity contribution in [2.45, 2.75) is 0 Å². The van der Waals surface area contributed by atoms with Crippen molar-refractivity contribution >= 4 is 57.6 Å². The molecule has 106 valence electrons. The summed E-state index contributed by atoms with van der Waals surface area (Å²) in [5.74, 6) is -0.140. The fourth-order valence-corrected chi connectivity index (χ4v) is 3.56. The fourth-order valence-electron chi connectivity index (χ4n) is 2.07. The second-order valence-corrected chi connectivity index (χ2v) is 6.60. The Balaban J connectivity index is 1.99. The molecule has 0 spiro atoms. The van der Waals surface area contributed by atoms with Crippen LogP contribution in [0.3, 0.4) is 0 Å². The zero-order valence-corrected chi connectivity index (χ0v) is 13.5. The first-order valence-corrected chi connectivity index (χ1v) is 7.82. The molecular formula is C15H11ClN2OS2. The van der Waals surface area contributed by atoms with Gasteiger partial charge in [0.15, 0.2) is 4.32 Å².